The number of aryl methyl sites for hydroxylation is 1. The molecule has 4 aromatic rings. The van der Waals surface area contributed by atoms with Crippen LogP contribution in [0.5, 0.6) is 23.0 Å². The van der Waals surface area contributed by atoms with Crippen molar-refractivity contribution in [3.05, 3.63) is 81.5 Å². The summed E-state index contributed by atoms with van der Waals surface area (Å²) >= 11 is 0. The number of benzene rings is 3. The number of rotatable bonds is 8. The fourth-order valence-corrected chi connectivity index (χ4v) is 5.65. The third-order valence-corrected chi connectivity index (χ3v) is 8.01. The molecule has 4 atom stereocenters. The van der Waals surface area contributed by atoms with Crippen molar-refractivity contribution in [2.24, 2.45) is 5.73 Å². The Labute approximate surface area is 266 Å². The Morgan fingerprint density at radius 1 is 1.02 bits per heavy atom. The number of nitrogens with two attached hydrogens (primary N) is 1. The summed E-state index contributed by atoms with van der Waals surface area (Å²) in [7, 11) is 1.35. The highest BCUT2D eigenvalue weighted by Crippen LogP contribution is 2.39. The Balaban J connectivity index is 1.45. The summed E-state index contributed by atoms with van der Waals surface area (Å²) < 4.78 is 41.3. The molecule has 248 valence electrons. The first-order chi connectivity index (χ1) is 22.1. The second kappa shape index (κ2) is 12.5. The van der Waals surface area contributed by atoms with E-state index in [9.17, 15) is 39.2 Å². The quantitative estimate of drug-likeness (QED) is 0.105. The van der Waals surface area contributed by atoms with Crippen LogP contribution in [0.3, 0.4) is 0 Å². The summed E-state index contributed by atoms with van der Waals surface area (Å²) in [4.78, 5) is 37.9. The van der Waals surface area contributed by atoms with Gasteiger partial charge in [0, 0.05) is 19.1 Å². The highest BCUT2D eigenvalue weighted by molar-refractivity contribution is 6.02. The maximum atomic E-state index is 13.4. The first-order valence-corrected chi connectivity index (χ1v) is 14.3. The number of amides is 1. The lowest BCUT2D eigenvalue weighted by atomic mass is 9.89. The first-order valence-electron chi connectivity index (χ1n) is 14.3. The van der Waals surface area contributed by atoms with Crippen LogP contribution in [-0.2, 0) is 20.6 Å². The van der Waals surface area contributed by atoms with E-state index in [1.807, 2.05) is 0 Å². The number of carbonyl (C=O) groups is 2. The number of primary amides is 1. The van der Waals surface area contributed by atoms with E-state index in [-0.39, 0.29) is 27.8 Å². The average Bonchev–Trinajstić information content (AvgIpc) is 3.00. The Hall–Kier alpha value is -5.18. The van der Waals surface area contributed by atoms with Crippen molar-refractivity contribution in [3.8, 4) is 34.1 Å². The van der Waals surface area contributed by atoms with Gasteiger partial charge in [-0.05, 0) is 68.3 Å². The molecule has 1 saturated heterocycles. The molecule has 1 aromatic heterocycles. The van der Waals surface area contributed by atoms with E-state index in [2.05, 4.69) is 0 Å². The van der Waals surface area contributed by atoms with Crippen LogP contribution in [0.15, 0.2) is 57.7 Å². The molecule has 13 nitrogen and oxygen atoms in total. The average molecular weight is 654 g/mol. The molecule has 1 amide bonds. The van der Waals surface area contributed by atoms with E-state index in [1.165, 1.54) is 62.6 Å². The molecule has 2 heterocycles. The van der Waals surface area contributed by atoms with Crippen LogP contribution in [0, 0.1) is 12.7 Å². The van der Waals surface area contributed by atoms with Gasteiger partial charge in [-0.2, -0.15) is 0 Å². The number of phenols is 2. The summed E-state index contributed by atoms with van der Waals surface area (Å²) in [6, 6.07) is 10.5. The molecule has 3 aromatic carbocycles. The van der Waals surface area contributed by atoms with Gasteiger partial charge in [0.15, 0.2) is 29.5 Å². The number of Topliss-reactive ketones (excluding diaryl/α,β-unsaturated/α-hetero) is 1. The Morgan fingerprint density at radius 2 is 1.70 bits per heavy atom. The minimum Gasteiger partial charge on any atom is -0.507 e. The summed E-state index contributed by atoms with van der Waals surface area (Å²) in [6.45, 7) is 4.78. The van der Waals surface area contributed by atoms with Gasteiger partial charge in [-0.25, -0.2) is 14.0 Å². The highest BCUT2D eigenvalue weighted by Gasteiger charge is 2.53. The number of halogens is 1. The van der Waals surface area contributed by atoms with Gasteiger partial charge in [0.1, 0.15) is 29.0 Å². The largest absolute Gasteiger partial charge is 0.507 e. The summed E-state index contributed by atoms with van der Waals surface area (Å²) in [5.41, 5.74) is 3.13. The van der Waals surface area contributed by atoms with Gasteiger partial charge in [0.25, 0.3) is 0 Å². The van der Waals surface area contributed by atoms with Crippen LogP contribution in [-0.4, -0.2) is 69.6 Å². The normalized spacial score (nSPS) is 20.6. The number of ketones is 1. The molecule has 0 aliphatic carbocycles. The van der Waals surface area contributed by atoms with Crippen molar-refractivity contribution < 1.29 is 57.8 Å². The van der Waals surface area contributed by atoms with Crippen LogP contribution in [0.2, 0.25) is 0 Å². The summed E-state index contributed by atoms with van der Waals surface area (Å²) in [6.07, 6.45) is -6.97. The van der Waals surface area contributed by atoms with Gasteiger partial charge in [-0.15, -0.1) is 0 Å². The van der Waals surface area contributed by atoms with Crippen molar-refractivity contribution in [2.45, 2.75) is 57.4 Å². The van der Waals surface area contributed by atoms with Crippen LogP contribution in [0.1, 0.15) is 35.3 Å². The monoisotopic (exact) mass is 653 g/mol. The molecule has 1 aliphatic rings. The molecule has 0 radical (unpaired) electrons. The van der Waals surface area contributed by atoms with E-state index in [0.717, 1.165) is 0 Å². The molecule has 0 unspecified atom stereocenters. The zero-order valence-corrected chi connectivity index (χ0v) is 25.6. The summed E-state index contributed by atoms with van der Waals surface area (Å²) in [5.74, 6) is -3.16. The fraction of sp³-hybridized carbons (Fsp3) is 0.303. The maximum Gasteiger partial charge on any atom is 0.404 e. The predicted octanol–water partition coefficient (Wildman–Crippen LogP) is 3.80. The van der Waals surface area contributed by atoms with E-state index in [0.29, 0.717) is 11.1 Å². The minimum absolute atomic E-state index is 0.0456. The second-order valence-electron chi connectivity index (χ2n) is 11.5. The number of ether oxygens (including phenoxy) is 4. The topological polar surface area (TPSA) is 208 Å². The molecule has 1 fully saturated rings. The van der Waals surface area contributed by atoms with E-state index < -0.39 is 82.8 Å². The number of aliphatic hydroxyl groups excluding tert-OH is 1. The van der Waals surface area contributed by atoms with Crippen molar-refractivity contribution in [3.63, 3.8) is 0 Å². The number of aromatic hydroxyl groups is 3. The predicted molar refractivity (Wildman–Crippen MR) is 163 cm³/mol. The first kappa shape index (κ1) is 33.2. The molecule has 6 N–H and O–H groups in total. The second-order valence-corrected chi connectivity index (χ2v) is 11.5. The number of carbonyl (C=O) groups excluding carboxylic acids is 2. The van der Waals surface area contributed by atoms with E-state index in [1.54, 1.807) is 13.8 Å². The third kappa shape index (κ3) is 6.30. The lowest BCUT2D eigenvalue weighted by Crippen LogP contribution is -2.65. The molecule has 0 bridgehead atoms. The Morgan fingerprint density at radius 3 is 2.34 bits per heavy atom. The van der Waals surface area contributed by atoms with Crippen LogP contribution in [0.4, 0.5) is 9.18 Å². The Kier molecular flexibility index (Phi) is 8.86. The van der Waals surface area contributed by atoms with Crippen molar-refractivity contribution in [2.75, 3.05) is 7.11 Å². The molecular formula is C33H32FNO12. The Bertz CT molecular complexity index is 1920. The minimum atomic E-state index is -1.55. The smallest absolute Gasteiger partial charge is 0.404 e. The van der Waals surface area contributed by atoms with Gasteiger partial charge >= 0.3 is 11.7 Å². The number of aliphatic hydroxyl groups is 1. The zero-order valence-electron chi connectivity index (χ0n) is 25.6. The molecule has 14 heteroatoms. The van der Waals surface area contributed by atoms with Crippen LogP contribution in [0.25, 0.3) is 22.1 Å². The summed E-state index contributed by atoms with van der Waals surface area (Å²) in [5, 5.41) is 42.8. The SMILES string of the molecule is CO[C@@H]1[C@@H](OC(N)=O)[C@@H](O)[C@H](Oc2ccc3c(O)c(CC(=O)c4cc(-c5ccc(F)cc5)cc(O)c4O)c(=O)oc3c2C)OC1(C)C. The molecule has 0 spiro atoms. The fourth-order valence-electron chi connectivity index (χ4n) is 5.65. The molecule has 5 rings (SSSR count). The van der Waals surface area contributed by atoms with Gasteiger partial charge < -0.3 is 49.5 Å². The molecule has 1 aliphatic heterocycles. The number of hydrogen-bond acceptors (Lipinski definition) is 12. The standard InChI is InChI=1S/C33H32FNO12/c1-14-23(44-31-26(40)28(46-32(35)42)29(43-4)33(2,3)47-31)10-9-18-24(38)20(30(41)45-27(14)18)13-21(36)19-11-16(12-22(37)25(19)39)15-5-7-17(34)8-6-15/h5-12,26,28-29,31,37-40H,13H2,1-4H3,(H2,35,42)/t26-,28+,29-,31-/m1/s1. The van der Waals surface area contributed by atoms with Gasteiger partial charge in [0.2, 0.25) is 6.29 Å². The number of phenolic OH excluding ortho intramolecular Hbond substituents is 2. The van der Waals surface area contributed by atoms with Gasteiger partial charge in [-0.1, -0.05) is 12.1 Å². The van der Waals surface area contributed by atoms with E-state index >= 15 is 0 Å². The number of hydrogen-bond donors (Lipinski definition) is 5. The van der Waals surface area contributed by atoms with Gasteiger partial charge in [0.05, 0.1) is 22.1 Å². The molecular weight excluding hydrogens is 621 g/mol. The lowest BCUT2D eigenvalue weighted by molar-refractivity contribution is -0.304. The van der Waals surface area contributed by atoms with Crippen molar-refractivity contribution in [1.29, 1.82) is 0 Å². The maximum absolute atomic E-state index is 13.4. The van der Waals surface area contributed by atoms with Crippen LogP contribution >= 0.6 is 0 Å². The van der Waals surface area contributed by atoms with Crippen molar-refractivity contribution in [1.82, 2.24) is 0 Å². The molecule has 0 saturated carbocycles. The van der Waals surface area contributed by atoms with Crippen LogP contribution < -0.4 is 16.1 Å². The van der Waals surface area contributed by atoms with Gasteiger partial charge in [-0.3, -0.25) is 4.79 Å². The highest BCUT2D eigenvalue weighted by atomic mass is 19.1. The van der Waals surface area contributed by atoms with E-state index in [4.69, 9.17) is 29.1 Å². The number of fused-ring (bicyclic) bond motifs is 1. The van der Waals surface area contributed by atoms with Crippen molar-refractivity contribution >= 4 is 22.8 Å². The number of methoxy groups -OCH3 is 1. The molecule has 47 heavy (non-hydrogen) atoms. The lowest BCUT2D eigenvalue weighted by Gasteiger charge is -2.47. The third-order valence-electron chi connectivity index (χ3n) is 8.01. The zero-order chi connectivity index (χ0) is 34.4.